The van der Waals surface area contributed by atoms with Gasteiger partial charge in [-0.05, 0) is 50.8 Å². The Kier molecular flexibility index (Phi) is 3.14. The topological polar surface area (TPSA) is 71.8 Å². The average Bonchev–Trinajstić information content (AvgIpc) is 3.12. The Morgan fingerprint density at radius 3 is 3.32 bits per heavy atom. The Morgan fingerprint density at radius 1 is 1.50 bits per heavy atom. The van der Waals surface area contributed by atoms with Crippen LogP contribution < -0.4 is 10.6 Å². The van der Waals surface area contributed by atoms with Crippen molar-refractivity contribution in [3.63, 3.8) is 0 Å². The average molecular weight is 299 g/mol. The van der Waals surface area contributed by atoms with Crippen molar-refractivity contribution < 1.29 is 4.79 Å². The first kappa shape index (κ1) is 13.7. The molecule has 1 amide bonds. The van der Waals surface area contributed by atoms with Gasteiger partial charge in [0.2, 0.25) is 5.91 Å². The maximum atomic E-state index is 12.5. The number of pyridine rings is 1. The Balaban J connectivity index is 1.51. The summed E-state index contributed by atoms with van der Waals surface area (Å²) < 4.78 is 1.69. The van der Waals surface area contributed by atoms with Crippen molar-refractivity contribution in [3.05, 3.63) is 24.0 Å². The molecule has 2 atom stereocenters. The number of fused-ring (bicyclic) bond motifs is 2. The molecular weight excluding hydrogens is 278 g/mol. The Labute approximate surface area is 129 Å². The molecule has 2 N–H and O–H groups in total. The number of amides is 1. The first-order valence-corrected chi connectivity index (χ1v) is 7.99. The van der Waals surface area contributed by atoms with Gasteiger partial charge in [-0.3, -0.25) is 4.79 Å². The van der Waals surface area contributed by atoms with E-state index in [4.69, 9.17) is 0 Å². The summed E-state index contributed by atoms with van der Waals surface area (Å²) in [6, 6.07) is 2.47. The standard InChI is InChI=1S/C16H21N5O/c1-11-7-12-9-19-21(15(12)18-8-11)10-14(22)20-16-4-2-3-13(16)17-6-5-16/h7-9,13,17H,2-6,10H2,1H3,(H,20,22). The number of nitrogens with one attached hydrogen (secondary N) is 2. The molecule has 1 aliphatic heterocycles. The molecule has 2 aromatic heterocycles. The van der Waals surface area contributed by atoms with Gasteiger partial charge in [0.25, 0.3) is 0 Å². The Hall–Kier alpha value is -1.95. The lowest BCUT2D eigenvalue weighted by Crippen LogP contribution is -2.53. The minimum Gasteiger partial charge on any atom is -0.347 e. The van der Waals surface area contributed by atoms with Crippen LogP contribution in [0.2, 0.25) is 0 Å². The lowest BCUT2D eigenvalue weighted by atomic mass is 9.93. The van der Waals surface area contributed by atoms with Crippen LogP contribution in [-0.2, 0) is 11.3 Å². The summed E-state index contributed by atoms with van der Waals surface area (Å²) in [6.07, 6.45) is 8.03. The second kappa shape index (κ2) is 5.05. The Bertz CT molecular complexity index is 712. The van der Waals surface area contributed by atoms with E-state index in [1.54, 1.807) is 10.9 Å². The molecule has 2 aromatic rings. The van der Waals surface area contributed by atoms with Gasteiger partial charge < -0.3 is 10.6 Å². The Morgan fingerprint density at radius 2 is 2.41 bits per heavy atom. The number of carbonyl (C=O) groups excluding carboxylic acids is 1. The predicted octanol–water partition coefficient (Wildman–Crippen LogP) is 1.14. The second-order valence-electron chi connectivity index (χ2n) is 6.58. The van der Waals surface area contributed by atoms with Crippen molar-refractivity contribution in [2.24, 2.45) is 0 Å². The number of carbonyl (C=O) groups is 1. The van der Waals surface area contributed by atoms with Crippen LogP contribution in [-0.4, -0.2) is 38.8 Å². The molecule has 0 radical (unpaired) electrons. The van der Waals surface area contributed by atoms with E-state index < -0.39 is 0 Å². The van der Waals surface area contributed by atoms with E-state index in [2.05, 4.69) is 20.7 Å². The van der Waals surface area contributed by atoms with Crippen LogP contribution in [0.5, 0.6) is 0 Å². The molecule has 116 valence electrons. The molecule has 1 saturated heterocycles. The normalized spacial score (nSPS) is 27.2. The van der Waals surface area contributed by atoms with Crippen molar-refractivity contribution in [2.75, 3.05) is 6.54 Å². The van der Waals surface area contributed by atoms with Crippen molar-refractivity contribution in [2.45, 2.75) is 50.7 Å². The van der Waals surface area contributed by atoms with Crippen molar-refractivity contribution >= 4 is 16.9 Å². The van der Waals surface area contributed by atoms with E-state index in [-0.39, 0.29) is 18.0 Å². The van der Waals surface area contributed by atoms with Crippen LogP contribution in [0.15, 0.2) is 18.5 Å². The van der Waals surface area contributed by atoms with Gasteiger partial charge in [0.15, 0.2) is 5.65 Å². The molecule has 3 heterocycles. The fraction of sp³-hybridized carbons (Fsp3) is 0.562. The molecule has 22 heavy (non-hydrogen) atoms. The highest BCUT2D eigenvalue weighted by Crippen LogP contribution is 2.36. The molecule has 1 saturated carbocycles. The molecule has 6 heteroatoms. The molecule has 2 aliphatic rings. The van der Waals surface area contributed by atoms with E-state index in [1.165, 1.54) is 6.42 Å². The monoisotopic (exact) mass is 299 g/mol. The summed E-state index contributed by atoms with van der Waals surface area (Å²) in [5.74, 6) is 0.0305. The molecule has 0 bridgehead atoms. The summed E-state index contributed by atoms with van der Waals surface area (Å²) in [7, 11) is 0. The van der Waals surface area contributed by atoms with Crippen LogP contribution in [0, 0.1) is 6.92 Å². The maximum Gasteiger partial charge on any atom is 0.242 e. The number of hydrogen-bond donors (Lipinski definition) is 2. The number of hydrogen-bond acceptors (Lipinski definition) is 4. The first-order valence-electron chi connectivity index (χ1n) is 7.99. The lowest BCUT2D eigenvalue weighted by molar-refractivity contribution is -0.123. The zero-order valence-electron chi connectivity index (χ0n) is 12.8. The number of rotatable bonds is 3. The zero-order chi connectivity index (χ0) is 15.2. The minimum atomic E-state index is -0.0376. The fourth-order valence-electron chi connectivity index (χ4n) is 4.00. The van der Waals surface area contributed by atoms with Gasteiger partial charge in [0, 0.05) is 17.6 Å². The zero-order valence-corrected chi connectivity index (χ0v) is 12.8. The molecule has 2 fully saturated rings. The lowest BCUT2D eigenvalue weighted by Gasteiger charge is -2.30. The van der Waals surface area contributed by atoms with Crippen molar-refractivity contribution in [3.8, 4) is 0 Å². The van der Waals surface area contributed by atoms with E-state index in [1.807, 2.05) is 19.2 Å². The minimum absolute atomic E-state index is 0.0305. The SMILES string of the molecule is Cc1cnc2c(cnn2CC(=O)NC23CCCC2NCC3)c1. The third-order valence-corrected chi connectivity index (χ3v) is 5.04. The van der Waals surface area contributed by atoms with Gasteiger partial charge in [0.1, 0.15) is 6.54 Å². The quantitative estimate of drug-likeness (QED) is 0.891. The molecule has 4 rings (SSSR count). The van der Waals surface area contributed by atoms with Gasteiger partial charge >= 0.3 is 0 Å². The van der Waals surface area contributed by atoms with Gasteiger partial charge in [0.05, 0.1) is 11.7 Å². The smallest absolute Gasteiger partial charge is 0.242 e. The van der Waals surface area contributed by atoms with Gasteiger partial charge in [-0.15, -0.1) is 0 Å². The van der Waals surface area contributed by atoms with Crippen LogP contribution in [0.25, 0.3) is 11.0 Å². The summed E-state index contributed by atoms with van der Waals surface area (Å²) in [4.78, 5) is 16.9. The molecule has 0 spiro atoms. The molecular formula is C16H21N5O. The molecule has 2 unspecified atom stereocenters. The number of aryl methyl sites for hydroxylation is 1. The maximum absolute atomic E-state index is 12.5. The highest BCUT2D eigenvalue weighted by Gasteiger charge is 2.46. The van der Waals surface area contributed by atoms with Crippen LogP contribution in [0.3, 0.4) is 0 Å². The summed E-state index contributed by atoms with van der Waals surface area (Å²) >= 11 is 0. The van der Waals surface area contributed by atoms with Gasteiger partial charge in [-0.25, -0.2) is 9.67 Å². The third kappa shape index (κ3) is 2.18. The predicted molar refractivity (Wildman–Crippen MR) is 83.4 cm³/mol. The third-order valence-electron chi connectivity index (χ3n) is 5.04. The summed E-state index contributed by atoms with van der Waals surface area (Å²) in [5, 5.41) is 12.1. The largest absolute Gasteiger partial charge is 0.347 e. The van der Waals surface area contributed by atoms with E-state index >= 15 is 0 Å². The first-order chi connectivity index (χ1) is 10.7. The van der Waals surface area contributed by atoms with Gasteiger partial charge in [-0.1, -0.05) is 0 Å². The molecule has 1 aliphatic carbocycles. The highest BCUT2D eigenvalue weighted by atomic mass is 16.2. The molecule has 0 aromatic carbocycles. The summed E-state index contributed by atoms with van der Waals surface area (Å²) in [6.45, 7) is 3.23. The van der Waals surface area contributed by atoms with Crippen LogP contribution >= 0.6 is 0 Å². The van der Waals surface area contributed by atoms with Crippen molar-refractivity contribution in [1.29, 1.82) is 0 Å². The van der Waals surface area contributed by atoms with Crippen LogP contribution in [0.4, 0.5) is 0 Å². The summed E-state index contributed by atoms with van der Waals surface area (Å²) in [5.41, 5.74) is 1.83. The number of nitrogens with zero attached hydrogens (tertiary/aromatic N) is 3. The fourth-order valence-corrected chi connectivity index (χ4v) is 4.00. The van der Waals surface area contributed by atoms with Crippen molar-refractivity contribution in [1.82, 2.24) is 25.4 Å². The van der Waals surface area contributed by atoms with E-state index in [9.17, 15) is 4.79 Å². The van der Waals surface area contributed by atoms with Gasteiger partial charge in [-0.2, -0.15) is 5.10 Å². The number of aromatic nitrogens is 3. The highest BCUT2D eigenvalue weighted by molar-refractivity contribution is 5.80. The second-order valence-corrected chi connectivity index (χ2v) is 6.58. The molecule has 6 nitrogen and oxygen atoms in total. The van der Waals surface area contributed by atoms with E-state index in [0.29, 0.717) is 6.04 Å². The van der Waals surface area contributed by atoms with Crippen LogP contribution in [0.1, 0.15) is 31.2 Å². The van der Waals surface area contributed by atoms with E-state index in [0.717, 1.165) is 42.4 Å².